The summed E-state index contributed by atoms with van der Waals surface area (Å²) in [5, 5.41) is 12.1. The van der Waals surface area contributed by atoms with Gasteiger partial charge in [0.1, 0.15) is 10.8 Å². The van der Waals surface area contributed by atoms with Crippen LogP contribution in [0.4, 0.5) is 11.5 Å². The number of nitrogens with zero attached hydrogens (tertiary/aromatic N) is 3. The maximum Gasteiger partial charge on any atom is 0.262 e. The predicted molar refractivity (Wildman–Crippen MR) is 121 cm³/mol. The fourth-order valence-electron chi connectivity index (χ4n) is 3.13. The normalized spacial score (nSPS) is 13.7. The highest BCUT2D eigenvalue weighted by Gasteiger charge is 2.13. The number of hydrogen-bond donors (Lipinski definition) is 1. The van der Waals surface area contributed by atoms with Crippen LogP contribution >= 0.6 is 23.2 Å². The molecule has 160 valence electrons. The average Bonchev–Trinajstić information content (AvgIpc) is 2.81. The second-order valence-electron chi connectivity index (χ2n) is 6.85. The summed E-state index contributed by atoms with van der Waals surface area (Å²) >= 11 is 12.0. The van der Waals surface area contributed by atoms with Gasteiger partial charge < -0.3 is 19.7 Å². The molecule has 3 aromatic rings. The van der Waals surface area contributed by atoms with Gasteiger partial charge in [0.05, 0.1) is 23.9 Å². The fraction of sp³-hybridized carbons (Fsp3) is 0.227. The van der Waals surface area contributed by atoms with Crippen molar-refractivity contribution in [3.8, 4) is 17.0 Å². The molecule has 0 saturated carbocycles. The van der Waals surface area contributed by atoms with Crippen LogP contribution in [-0.2, 0) is 9.53 Å². The van der Waals surface area contributed by atoms with Gasteiger partial charge in [-0.25, -0.2) is 0 Å². The highest BCUT2D eigenvalue weighted by atomic mass is 35.5. The summed E-state index contributed by atoms with van der Waals surface area (Å²) < 4.78 is 10.8. The summed E-state index contributed by atoms with van der Waals surface area (Å²) in [7, 11) is 0. The molecule has 0 radical (unpaired) electrons. The van der Waals surface area contributed by atoms with Crippen molar-refractivity contribution in [2.24, 2.45) is 0 Å². The number of morpholine rings is 1. The van der Waals surface area contributed by atoms with Gasteiger partial charge in [-0.15, -0.1) is 10.2 Å². The number of amides is 1. The van der Waals surface area contributed by atoms with Crippen molar-refractivity contribution in [2.75, 3.05) is 43.1 Å². The highest BCUT2D eigenvalue weighted by Crippen LogP contribution is 2.31. The maximum atomic E-state index is 12.3. The molecule has 0 atom stereocenters. The van der Waals surface area contributed by atoms with Crippen LogP contribution in [0.3, 0.4) is 0 Å². The van der Waals surface area contributed by atoms with Gasteiger partial charge in [0.2, 0.25) is 0 Å². The molecule has 0 bridgehead atoms. The fourth-order valence-corrected chi connectivity index (χ4v) is 3.48. The zero-order chi connectivity index (χ0) is 21.6. The Hall–Kier alpha value is -2.87. The summed E-state index contributed by atoms with van der Waals surface area (Å²) in [6.07, 6.45) is 0. The molecular weight excluding hydrogens is 439 g/mol. The third-order valence-electron chi connectivity index (χ3n) is 4.70. The first kappa shape index (κ1) is 21.4. The van der Waals surface area contributed by atoms with Gasteiger partial charge in [0, 0.05) is 24.3 Å². The van der Waals surface area contributed by atoms with E-state index >= 15 is 0 Å². The molecule has 1 aromatic heterocycles. The minimum Gasteiger partial charge on any atom is -0.482 e. The number of rotatable bonds is 6. The standard InChI is InChI=1S/C22H20Cl2N4O3/c23-17-5-2-6-19(22(17)24)31-14-21(29)25-16-4-1-3-15(13-16)18-7-8-20(27-26-18)28-9-11-30-12-10-28/h1-8,13H,9-12,14H2,(H,25,29). The second-order valence-corrected chi connectivity index (χ2v) is 7.63. The summed E-state index contributed by atoms with van der Waals surface area (Å²) in [6.45, 7) is 2.80. The molecule has 1 N–H and O–H groups in total. The summed E-state index contributed by atoms with van der Waals surface area (Å²) in [5.41, 5.74) is 2.19. The smallest absolute Gasteiger partial charge is 0.262 e. The second kappa shape index (κ2) is 9.96. The van der Waals surface area contributed by atoms with E-state index in [0.29, 0.717) is 29.7 Å². The number of ether oxygens (including phenoxy) is 2. The average molecular weight is 459 g/mol. The highest BCUT2D eigenvalue weighted by molar-refractivity contribution is 6.42. The van der Waals surface area contributed by atoms with E-state index in [1.165, 1.54) is 0 Å². The zero-order valence-corrected chi connectivity index (χ0v) is 18.1. The lowest BCUT2D eigenvalue weighted by Gasteiger charge is -2.27. The van der Waals surface area contributed by atoms with Gasteiger partial charge >= 0.3 is 0 Å². The number of anilines is 2. The van der Waals surface area contributed by atoms with Gasteiger partial charge in [-0.3, -0.25) is 4.79 Å². The van der Waals surface area contributed by atoms with Crippen molar-refractivity contribution in [1.82, 2.24) is 10.2 Å². The number of carbonyl (C=O) groups excluding carboxylic acids is 1. The topological polar surface area (TPSA) is 76.6 Å². The summed E-state index contributed by atoms with van der Waals surface area (Å²) in [4.78, 5) is 14.4. The van der Waals surface area contributed by atoms with E-state index in [0.717, 1.165) is 30.2 Å². The Kier molecular flexibility index (Phi) is 6.86. The van der Waals surface area contributed by atoms with Gasteiger partial charge in [-0.1, -0.05) is 41.4 Å². The summed E-state index contributed by atoms with van der Waals surface area (Å²) in [6, 6.07) is 16.3. The van der Waals surface area contributed by atoms with Crippen LogP contribution in [0.15, 0.2) is 54.6 Å². The van der Waals surface area contributed by atoms with Crippen LogP contribution in [0, 0.1) is 0 Å². The van der Waals surface area contributed by atoms with Gasteiger partial charge in [0.15, 0.2) is 12.4 Å². The van der Waals surface area contributed by atoms with Crippen molar-refractivity contribution < 1.29 is 14.3 Å². The van der Waals surface area contributed by atoms with Crippen LogP contribution in [0.1, 0.15) is 0 Å². The molecular formula is C22H20Cl2N4O3. The lowest BCUT2D eigenvalue weighted by Crippen LogP contribution is -2.36. The molecule has 1 aliphatic heterocycles. The molecule has 1 saturated heterocycles. The Morgan fingerprint density at radius 2 is 1.87 bits per heavy atom. The lowest BCUT2D eigenvalue weighted by atomic mass is 10.1. The van der Waals surface area contributed by atoms with Crippen molar-refractivity contribution >= 4 is 40.6 Å². The van der Waals surface area contributed by atoms with Crippen molar-refractivity contribution in [3.05, 3.63) is 64.6 Å². The van der Waals surface area contributed by atoms with Crippen LogP contribution in [0.5, 0.6) is 5.75 Å². The molecule has 2 heterocycles. The summed E-state index contributed by atoms with van der Waals surface area (Å²) in [5.74, 6) is 0.865. The van der Waals surface area contributed by atoms with E-state index in [1.807, 2.05) is 30.3 Å². The van der Waals surface area contributed by atoms with E-state index in [2.05, 4.69) is 20.4 Å². The monoisotopic (exact) mass is 458 g/mol. The van der Waals surface area contributed by atoms with E-state index in [1.54, 1.807) is 24.3 Å². The number of halogens is 2. The largest absolute Gasteiger partial charge is 0.482 e. The van der Waals surface area contributed by atoms with E-state index in [4.69, 9.17) is 32.7 Å². The molecule has 1 fully saturated rings. The van der Waals surface area contributed by atoms with Crippen LogP contribution < -0.4 is 15.0 Å². The molecule has 2 aromatic carbocycles. The Morgan fingerprint density at radius 3 is 2.65 bits per heavy atom. The number of aromatic nitrogens is 2. The van der Waals surface area contributed by atoms with Gasteiger partial charge in [-0.05, 0) is 36.4 Å². The third-order valence-corrected chi connectivity index (χ3v) is 5.50. The number of nitrogens with one attached hydrogen (secondary N) is 1. The minimum absolute atomic E-state index is 0.196. The molecule has 4 rings (SSSR count). The Balaban J connectivity index is 1.38. The Labute approximate surface area is 189 Å². The SMILES string of the molecule is O=C(COc1cccc(Cl)c1Cl)Nc1cccc(-c2ccc(N3CCOCC3)nn2)c1. The molecule has 31 heavy (non-hydrogen) atoms. The van der Waals surface area contributed by atoms with E-state index < -0.39 is 0 Å². The molecule has 1 aliphatic rings. The first-order chi connectivity index (χ1) is 15.1. The molecule has 0 spiro atoms. The lowest BCUT2D eigenvalue weighted by molar-refractivity contribution is -0.118. The van der Waals surface area contributed by atoms with Crippen molar-refractivity contribution in [3.63, 3.8) is 0 Å². The zero-order valence-electron chi connectivity index (χ0n) is 16.6. The molecule has 9 heteroatoms. The van der Waals surface area contributed by atoms with Gasteiger partial charge in [0.25, 0.3) is 5.91 Å². The van der Waals surface area contributed by atoms with Crippen LogP contribution in [-0.4, -0.2) is 49.0 Å². The van der Waals surface area contributed by atoms with Crippen LogP contribution in [0.2, 0.25) is 10.0 Å². The van der Waals surface area contributed by atoms with E-state index in [9.17, 15) is 4.79 Å². The first-order valence-corrected chi connectivity index (χ1v) is 10.5. The number of carbonyl (C=O) groups is 1. The first-order valence-electron chi connectivity index (χ1n) is 9.74. The molecule has 0 unspecified atom stereocenters. The van der Waals surface area contributed by atoms with Crippen molar-refractivity contribution in [1.29, 1.82) is 0 Å². The number of hydrogen-bond acceptors (Lipinski definition) is 6. The minimum atomic E-state index is -0.318. The van der Waals surface area contributed by atoms with Crippen molar-refractivity contribution in [2.45, 2.75) is 0 Å². The van der Waals surface area contributed by atoms with E-state index in [-0.39, 0.29) is 17.5 Å². The maximum absolute atomic E-state index is 12.3. The molecule has 7 nitrogen and oxygen atoms in total. The quantitative estimate of drug-likeness (QED) is 0.592. The Bertz CT molecular complexity index is 1060. The molecule has 1 amide bonds. The van der Waals surface area contributed by atoms with Crippen LogP contribution in [0.25, 0.3) is 11.3 Å². The predicted octanol–water partition coefficient (Wildman–Crippen LogP) is 4.30. The third kappa shape index (κ3) is 5.44. The van der Waals surface area contributed by atoms with Gasteiger partial charge in [-0.2, -0.15) is 0 Å². The molecule has 0 aliphatic carbocycles. The number of benzene rings is 2. The Morgan fingerprint density at radius 1 is 1.06 bits per heavy atom.